The van der Waals surface area contributed by atoms with E-state index in [0.717, 1.165) is 67.6 Å². The number of hydrogen-bond acceptors (Lipinski definition) is 2. The van der Waals surface area contributed by atoms with E-state index in [1.54, 1.807) is 0 Å². The van der Waals surface area contributed by atoms with E-state index in [-0.39, 0.29) is 0 Å². The number of benzene rings is 18. The van der Waals surface area contributed by atoms with Gasteiger partial charge in [0, 0.05) is 67.0 Å². The van der Waals surface area contributed by atoms with E-state index in [0.29, 0.717) is 0 Å². The van der Waals surface area contributed by atoms with E-state index >= 15 is 0 Å². The Hall–Kier alpha value is -13.6. The highest BCUT2D eigenvalue weighted by molar-refractivity contribution is 7.20. The summed E-state index contributed by atoms with van der Waals surface area (Å²) in [6, 6.07) is 163. The zero-order chi connectivity index (χ0) is 71.5. The summed E-state index contributed by atoms with van der Waals surface area (Å²) >= 11 is 0. The zero-order valence-electron chi connectivity index (χ0n) is 59.4. The van der Waals surface area contributed by atoms with Crippen LogP contribution in [0.25, 0.3) is 87.3 Å². The first-order chi connectivity index (χ1) is 53.6. The van der Waals surface area contributed by atoms with Gasteiger partial charge in [0.2, 0.25) is 0 Å². The molecule has 2 aromatic heterocycles. The van der Waals surface area contributed by atoms with Gasteiger partial charge in [0.15, 0.2) is 16.1 Å². The molecule has 6 heteroatoms. The second kappa shape index (κ2) is 26.8. The van der Waals surface area contributed by atoms with Crippen LogP contribution in [-0.2, 0) is 0 Å². The van der Waals surface area contributed by atoms with E-state index in [1.807, 2.05) is 0 Å². The largest absolute Gasteiger partial charge is 0.310 e. The Morgan fingerprint density at radius 2 is 0.417 bits per heavy atom. The molecule has 508 valence electrons. The van der Waals surface area contributed by atoms with E-state index in [9.17, 15) is 0 Å². The van der Waals surface area contributed by atoms with Gasteiger partial charge in [-0.1, -0.05) is 328 Å². The number of hydrogen-bond donors (Lipinski definition) is 0. The predicted molar refractivity (Wildman–Crippen MR) is 464 cm³/mol. The Bertz CT molecular complexity index is 6100. The highest BCUT2D eigenvalue weighted by atomic mass is 28.3. The van der Waals surface area contributed by atoms with Crippen molar-refractivity contribution < 1.29 is 0 Å². The third kappa shape index (κ3) is 10.6. The molecule has 0 N–H and O–H groups in total. The lowest BCUT2D eigenvalue weighted by Gasteiger charge is -2.34. The topological polar surface area (TPSA) is 16.3 Å². The molecule has 0 saturated carbocycles. The molecule has 0 atom stereocenters. The maximum Gasteiger partial charge on any atom is 0.179 e. The lowest BCUT2D eigenvalue weighted by atomic mass is 9.99. The van der Waals surface area contributed by atoms with Crippen LogP contribution in [0, 0.1) is 0 Å². The number of aromatic nitrogens is 2. The van der Waals surface area contributed by atoms with Crippen LogP contribution in [0.4, 0.5) is 34.1 Å². The summed E-state index contributed by atoms with van der Waals surface area (Å²) in [7, 11) is -5.52. The van der Waals surface area contributed by atoms with Gasteiger partial charge in [-0.2, -0.15) is 0 Å². The van der Waals surface area contributed by atoms with Crippen LogP contribution in [-0.4, -0.2) is 25.3 Å². The summed E-state index contributed by atoms with van der Waals surface area (Å²) in [6.07, 6.45) is 0. The van der Waals surface area contributed by atoms with Crippen LogP contribution in [0.1, 0.15) is 0 Å². The Morgan fingerprint density at radius 1 is 0.167 bits per heavy atom. The summed E-state index contributed by atoms with van der Waals surface area (Å²) < 4.78 is 4.95. The first kappa shape index (κ1) is 64.0. The average Bonchev–Trinajstić information content (AvgIpc) is 1.57. The van der Waals surface area contributed by atoms with Crippen LogP contribution >= 0.6 is 0 Å². The van der Waals surface area contributed by atoms with Gasteiger partial charge in [-0.3, -0.25) is 0 Å². The third-order valence-corrected chi connectivity index (χ3v) is 32.0. The van der Waals surface area contributed by atoms with Gasteiger partial charge < -0.3 is 18.9 Å². The van der Waals surface area contributed by atoms with Crippen molar-refractivity contribution in [2.45, 2.75) is 0 Å². The lowest BCUT2D eigenvalue weighted by molar-refractivity contribution is 1.18. The maximum atomic E-state index is 2.48. The van der Waals surface area contributed by atoms with Crippen molar-refractivity contribution in [2.24, 2.45) is 0 Å². The van der Waals surface area contributed by atoms with Gasteiger partial charge in [-0.25, -0.2) is 0 Å². The number of para-hydroxylation sites is 4. The molecule has 0 unspecified atom stereocenters. The highest BCUT2D eigenvalue weighted by Crippen LogP contribution is 2.47. The number of nitrogens with zero attached hydrogens (tertiary/aromatic N) is 4. The molecule has 0 fully saturated rings. The van der Waals surface area contributed by atoms with Gasteiger partial charge >= 0.3 is 0 Å². The molecule has 0 aliphatic heterocycles. The minimum absolute atomic E-state index is 1.07. The van der Waals surface area contributed by atoms with Gasteiger partial charge in [0.05, 0.1) is 22.1 Å². The molecule has 0 radical (unpaired) electrons. The first-order valence-corrected chi connectivity index (χ1v) is 41.3. The molecule has 0 aliphatic carbocycles. The van der Waals surface area contributed by atoms with Crippen LogP contribution in [0.15, 0.2) is 437 Å². The summed E-state index contributed by atoms with van der Waals surface area (Å²) in [5, 5.41) is 22.9. The summed E-state index contributed by atoms with van der Waals surface area (Å²) in [5.41, 5.74) is 13.2. The summed E-state index contributed by atoms with van der Waals surface area (Å²) in [4.78, 5) is 4.85. The number of rotatable bonds is 16. The van der Waals surface area contributed by atoms with E-state index in [2.05, 4.69) is 456 Å². The molecular weight excluding hydrogens is 1340 g/mol. The SMILES string of the molecule is c1ccc(N(c2ccc3cc([Si](c4ccccc4)(c4ccccc4)c4ccccc4)ccc3c2)c2ccc3c4c5ccc6c(c5ccc4n(-c4ccccc4)c3c2)c2ccc(N(c3ccccc3)c3ccc4cc([Si](c5ccccc5)(c5ccccc5)c5ccccc5)ccc4c3)cc2n6-c2ccccc2)cc1. The Labute approximate surface area is 630 Å². The monoisotopic (exact) mass is 1410 g/mol. The molecule has 0 spiro atoms. The fraction of sp³-hybridized carbons (Fsp3) is 0. The number of anilines is 6. The molecule has 2 heterocycles. The third-order valence-electron chi connectivity index (χ3n) is 22.5. The van der Waals surface area contributed by atoms with Gasteiger partial charge in [0.25, 0.3) is 0 Å². The van der Waals surface area contributed by atoms with Crippen LogP contribution < -0.4 is 51.3 Å². The predicted octanol–water partition coefficient (Wildman–Crippen LogP) is 21.0. The molecule has 108 heavy (non-hydrogen) atoms. The maximum absolute atomic E-state index is 2.76. The van der Waals surface area contributed by atoms with Crippen molar-refractivity contribution in [3.63, 3.8) is 0 Å². The van der Waals surface area contributed by atoms with E-state index in [4.69, 9.17) is 0 Å². The zero-order valence-corrected chi connectivity index (χ0v) is 61.4. The smallest absolute Gasteiger partial charge is 0.179 e. The minimum atomic E-state index is -2.76. The fourth-order valence-electron chi connectivity index (χ4n) is 17.8. The molecule has 4 nitrogen and oxygen atoms in total. The summed E-state index contributed by atoms with van der Waals surface area (Å²) in [5.74, 6) is 0. The van der Waals surface area contributed by atoms with Crippen molar-refractivity contribution in [1.82, 2.24) is 9.13 Å². The second-order valence-corrected chi connectivity index (χ2v) is 35.9. The molecule has 0 amide bonds. The molecule has 0 saturated heterocycles. The van der Waals surface area contributed by atoms with Gasteiger partial charge in [0.1, 0.15) is 0 Å². The van der Waals surface area contributed by atoms with Crippen LogP contribution in [0.5, 0.6) is 0 Å². The Balaban J connectivity index is 0.730. The van der Waals surface area contributed by atoms with Crippen molar-refractivity contribution in [3.05, 3.63) is 437 Å². The van der Waals surface area contributed by atoms with Crippen molar-refractivity contribution in [1.29, 1.82) is 0 Å². The van der Waals surface area contributed by atoms with Crippen LogP contribution in [0.3, 0.4) is 0 Å². The first-order valence-electron chi connectivity index (χ1n) is 37.3. The molecule has 18 aromatic carbocycles. The quantitative estimate of drug-likeness (QED) is 0.0708. The average molecular weight is 1410 g/mol. The van der Waals surface area contributed by atoms with Crippen molar-refractivity contribution in [2.75, 3.05) is 9.80 Å². The minimum Gasteiger partial charge on any atom is -0.310 e. The fourth-order valence-corrected chi connectivity index (χ4v) is 27.4. The highest BCUT2D eigenvalue weighted by Gasteiger charge is 2.43. The molecule has 0 bridgehead atoms. The normalized spacial score (nSPS) is 11.9. The van der Waals surface area contributed by atoms with E-state index < -0.39 is 16.1 Å². The standard InChI is InChI=1S/C102H72N4Si2/c1-11-31-77(32-12-1)103(81-55-51-75-69-91(59-53-73(75)67-81)107(85-39-19-5-20-40-85,86-41-21-6-22-42-86)87-43-23-7-24-44-87)83-57-61-95-99(71-83)105(79-35-15-3-16-36-79)97-65-63-94-93(101(95)97)64-66-98-102(94)96-62-58-84(72-100(96)106(98)80-37-17-4-18-38-80)104(78-33-13-2-14-34-78)82-56-52-76-70-92(60-54-74(76)68-82)108(88-45-25-8-26-46-88,89-47-27-9-28-48-89)90-49-29-10-30-50-90/h1-72H. The van der Waals surface area contributed by atoms with Crippen LogP contribution in [0.2, 0.25) is 0 Å². The van der Waals surface area contributed by atoms with Crippen molar-refractivity contribution >= 4 is 168 Å². The molecular formula is C102H72N4Si2. The molecule has 0 aliphatic rings. The van der Waals surface area contributed by atoms with Gasteiger partial charge in [-0.05, 0) is 183 Å². The lowest BCUT2D eigenvalue weighted by Crippen LogP contribution is -2.74. The molecule has 20 aromatic rings. The Kier molecular flexibility index (Phi) is 15.9. The van der Waals surface area contributed by atoms with Crippen molar-refractivity contribution in [3.8, 4) is 11.4 Å². The summed E-state index contributed by atoms with van der Waals surface area (Å²) in [6.45, 7) is 0. The van der Waals surface area contributed by atoms with Gasteiger partial charge in [-0.15, -0.1) is 0 Å². The number of fused-ring (bicyclic) bond motifs is 11. The molecule has 20 rings (SSSR count). The van der Waals surface area contributed by atoms with E-state index in [1.165, 1.54) is 95.4 Å². The second-order valence-electron chi connectivity index (χ2n) is 28.3. The Morgan fingerprint density at radius 3 is 0.731 bits per heavy atom.